The van der Waals surface area contributed by atoms with E-state index < -0.39 is 11.6 Å². The number of hydrogen-bond acceptors (Lipinski definition) is 2. The number of methoxy groups -OCH3 is 1. The van der Waals surface area contributed by atoms with Gasteiger partial charge in [-0.15, -0.1) is 0 Å². The SMILES string of the molecule is CCNC(=NCC(C)c1ccc(F)c(F)c1)NCCOC. The fourth-order valence-electron chi connectivity index (χ4n) is 1.77. The molecule has 0 saturated carbocycles. The Morgan fingerprint density at radius 1 is 1.29 bits per heavy atom. The summed E-state index contributed by atoms with van der Waals surface area (Å²) in [6.07, 6.45) is 0. The lowest BCUT2D eigenvalue weighted by Gasteiger charge is -2.13. The fraction of sp³-hybridized carbons (Fsp3) is 0.533. The first-order valence-corrected chi connectivity index (χ1v) is 7.04. The second-order valence-electron chi connectivity index (χ2n) is 4.71. The third kappa shape index (κ3) is 6.08. The summed E-state index contributed by atoms with van der Waals surface area (Å²) in [4.78, 5) is 4.44. The van der Waals surface area contributed by atoms with Crippen LogP contribution in [0.4, 0.5) is 8.78 Å². The van der Waals surface area contributed by atoms with Crippen molar-refractivity contribution in [1.82, 2.24) is 10.6 Å². The summed E-state index contributed by atoms with van der Waals surface area (Å²) in [6, 6.07) is 3.96. The van der Waals surface area contributed by atoms with Crippen molar-refractivity contribution >= 4 is 5.96 Å². The van der Waals surface area contributed by atoms with Crippen LogP contribution in [0.2, 0.25) is 0 Å². The molecule has 0 spiro atoms. The van der Waals surface area contributed by atoms with Gasteiger partial charge in [-0.3, -0.25) is 4.99 Å². The zero-order chi connectivity index (χ0) is 15.7. The topological polar surface area (TPSA) is 45.7 Å². The summed E-state index contributed by atoms with van der Waals surface area (Å²) in [7, 11) is 1.64. The van der Waals surface area contributed by atoms with E-state index in [9.17, 15) is 8.78 Å². The van der Waals surface area contributed by atoms with Gasteiger partial charge in [0.15, 0.2) is 17.6 Å². The number of aliphatic imine (C=N–C) groups is 1. The maximum Gasteiger partial charge on any atom is 0.191 e. The minimum absolute atomic E-state index is 0.00187. The second-order valence-corrected chi connectivity index (χ2v) is 4.71. The number of benzene rings is 1. The Bertz CT molecular complexity index is 466. The van der Waals surface area contributed by atoms with Crippen LogP contribution in [0.5, 0.6) is 0 Å². The van der Waals surface area contributed by atoms with Gasteiger partial charge in [0.2, 0.25) is 0 Å². The Balaban J connectivity index is 2.62. The molecule has 6 heteroatoms. The van der Waals surface area contributed by atoms with Crippen LogP contribution >= 0.6 is 0 Å². The largest absolute Gasteiger partial charge is 0.383 e. The predicted octanol–water partition coefficient (Wildman–Crippen LogP) is 2.27. The Labute approximate surface area is 124 Å². The van der Waals surface area contributed by atoms with Crippen LogP contribution < -0.4 is 10.6 Å². The molecule has 21 heavy (non-hydrogen) atoms. The number of guanidine groups is 1. The molecule has 0 aliphatic carbocycles. The van der Waals surface area contributed by atoms with Crippen LogP contribution in [0.3, 0.4) is 0 Å². The minimum Gasteiger partial charge on any atom is -0.383 e. The van der Waals surface area contributed by atoms with E-state index in [1.807, 2.05) is 13.8 Å². The van der Waals surface area contributed by atoms with E-state index in [1.165, 1.54) is 6.07 Å². The Morgan fingerprint density at radius 2 is 2.05 bits per heavy atom. The molecule has 0 amide bonds. The summed E-state index contributed by atoms with van der Waals surface area (Å²) in [5, 5.41) is 6.25. The Hall–Kier alpha value is -1.69. The van der Waals surface area contributed by atoms with Crippen LogP contribution in [0.1, 0.15) is 25.3 Å². The molecule has 1 unspecified atom stereocenters. The second kappa shape index (κ2) is 9.28. The van der Waals surface area contributed by atoms with E-state index in [-0.39, 0.29) is 5.92 Å². The summed E-state index contributed by atoms with van der Waals surface area (Å²) in [6.45, 7) is 6.37. The van der Waals surface area contributed by atoms with Gasteiger partial charge in [0, 0.05) is 32.7 Å². The minimum atomic E-state index is -0.830. The van der Waals surface area contributed by atoms with Crippen LogP contribution in [-0.4, -0.2) is 39.3 Å². The average Bonchev–Trinajstić information content (AvgIpc) is 2.47. The van der Waals surface area contributed by atoms with E-state index in [2.05, 4.69) is 15.6 Å². The van der Waals surface area contributed by atoms with Crippen molar-refractivity contribution in [2.24, 2.45) is 4.99 Å². The molecule has 0 bridgehead atoms. The lowest BCUT2D eigenvalue weighted by atomic mass is 10.0. The number of rotatable bonds is 7. The van der Waals surface area contributed by atoms with Gasteiger partial charge in [-0.1, -0.05) is 13.0 Å². The lowest BCUT2D eigenvalue weighted by molar-refractivity contribution is 0.203. The van der Waals surface area contributed by atoms with Crippen molar-refractivity contribution in [2.45, 2.75) is 19.8 Å². The number of halogens is 2. The zero-order valence-corrected chi connectivity index (χ0v) is 12.7. The van der Waals surface area contributed by atoms with Gasteiger partial charge < -0.3 is 15.4 Å². The zero-order valence-electron chi connectivity index (χ0n) is 12.7. The van der Waals surface area contributed by atoms with Crippen LogP contribution in [-0.2, 0) is 4.74 Å². The third-order valence-electron chi connectivity index (χ3n) is 2.98. The third-order valence-corrected chi connectivity index (χ3v) is 2.98. The molecule has 118 valence electrons. The van der Waals surface area contributed by atoms with Crippen LogP contribution in [0.15, 0.2) is 23.2 Å². The molecule has 0 radical (unpaired) electrons. The highest BCUT2D eigenvalue weighted by molar-refractivity contribution is 5.79. The standard InChI is InChI=1S/C15H23F2N3O/c1-4-18-15(19-7-8-21-3)20-10-11(2)12-5-6-13(16)14(17)9-12/h5-6,9,11H,4,7-8,10H2,1-3H3,(H2,18,19,20). The normalized spacial score (nSPS) is 13.1. The molecule has 1 atom stereocenters. The van der Waals surface area contributed by atoms with Crippen molar-refractivity contribution in [2.75, 3.05) is 33.4 Å². The highest BCUT2D eigenvalue weighted by Gasteiger charge is 2.09. The highest BCUT2D eigenvalue weighted by Crippen LogP contribution is 2.18. The number of nitrogens with zero attached hydrogens (tertiary/aromatic N) is 1. The van der Waals surface area contributed by atoms with Crippen LogP contribution in [0, 0.1) is 11.6 Å². The van der Waals surface area contributed by atoms with Gasteiger partial charge in [0.1, 0.15) is 0 Å². The monoisotopic (exact) mass is 299 g/mol. The molecule has 0 aliphatic heterocycles. The Morgan fingerprint density at radius 3 is 2.67 bits per heavy atom. The molecule has 0 saturated heterocycles. The summed E-state index contributed by atoms with van der Waals surface area (Å²) in [5.41, 5.74) is 0.727. The molecule has 2 N–H and O–H groups in total. The lowest BCUT2D eigenvalue weighted by Crippen LogP contribution is -2.39. The summed E-state index contributed by atoms with van der Waals surface area (Å²) >= 11 is 0. The fourth-order valence-corrected chi connectivity index (χ4v) is 1.77. The molecular formula is C15H23F2N3O. The van der Waals surface area contributed by atoms with Crippen molar-refractivity contribution in [3.05, 3.63) is 35.4 Å². The average molecular weight is 299 g/mol. The molecule has 1 aromatic carbocycles. The van der Waals surface area contributed by atoms with Gasteiger partial charge in [-0.25, -0.2) is 8.78 Å². The molecule has 1 rings (SSSR count). The first-order chi connectivity index (χ1) is 10.1. The molecule has 4 nitrogen and oxygen atoms in total. The number of ether oxygens (including phenoxy) is 1. The predicted molar refractivity (Wildman–Crippen MR) is 80.6 cm³/mol. The van der Waals surface area contributed by atoms with E-state index >= 15 is 0 Å². The van der Waals surface area contributed by atoms with E-state index in [0.717, 1.165) is 18.2 Å². The van der Waals surface area contributed by atoms with E-state index in [0.29, 0.717) is 25.7 Å². The van der Waals surface area contributed by atoms with Gasteiger partial charge in [-0.05, 0) is 24.6 Å². The summed E-state index contributed by atoms with van der Waals surface area (Å²) in [5.74, 6) is -0.973. The van der Waals surface area contributed by atoms with Gasteiger partial charge >= 0.3 is 0 Å². The molecule has 0 aliphatic rings. The van der Waals surface area contributed by atoms with Crippen molar-refractivity contribution < 1.29 is 13.5 Å². The highest BCUT2D eigenvalue weighted by atomic mass is 19.2. The number of hydrogen-bond donors (Lipinski definition) is 2. The van der Waals surface area contributed by atoms with Crippen molar-refractivity contribution in [3.8, 4) is 0 Å². The van der Waals surface area contributed by atoms with Crippen molar-refractivity contribution in [3.63, 3.8) is 0 Å². The molecule has 1 aromatic rings. The maximum absolute atomic E-state index is 13.2. The summed E-state index contributed by atoms with van der Waals surface area (Å²) < 4.78 is 31.1. The Kier molecular flexibility index (Phi) is 7.68. The van der Waals surface area contributed by atoms with Gasteiger partial charge in [0.25, 0.3) is 0 Å². The van der Waals surface area contributed by atoms with E-state index in [4.69, 9.17) is 4.74 Å². The van der Waals surface area contributed by atoms with Crippen LogP contribution in [0.25, 0.3) is 0 Å². The molecular weight excluding hydrogens is 276 g/mol. The molecule has 0 aromatic heterocycles. The smallest absolute Gasteiger partial charge is 0.191 e. The quantitative estimate of drug-likeness (QED) is 0.461. The molecule has 0 heterocycles. The van der Waals surface area contributed by atoms with Gasteiger partial charge in [-0.2, -0.15) is 0 Å². The first kappa shape index (κ1) is 17.4. The number of nitrogens with one attached hydrogen (secondary N) is 2. The van der Waals surface area contributed by atoms with Gasteiger partial charge in [0.05, 0.1) is 6.61 Å². The first-order valence-electron chi connectivity index (χ1n) is 7.04. The van der Waals surface area contributed by atoms with E-state index in [1.54, 1.807) is 13.2 Å². The van der Waals surface area contributed by atoms with Crippen molar-refractivity contribution in [1.29, 1.82) is 0 Å². The maximum atomic E-state index is 13.2. The molecule has 0 fully saturated rings.